The van der Waals surface area contributed by atoms with E-state index < -0.39 is 0 Å². The van der Waals surface area contributed by atoms with Gasteiger partial charge in [-0.15, -0.1) is 0 Å². The van der Waals surface area contributed by atoms with Crippen molar-refractivity contribution in [3.05, 3.63) is 78.0 Å². The molecular weight excluding hydrogens is 336 g/mol. The number of anilines is 1. The van der Waals surface area contributed by atoms with Crippen LogP contribution in [0.25, 0.3) is 11.4 Å². The van der Waals surface area contributed by atoms with Crippen molar-refractivity contribution in [1.82, 2.24) is 15.3 Å². The van der Waals surface area contributed by atoms with Crippen molar-refractivity contribution in [3.63, 3.8) is 0 Å². The van der Waals surface area contributed by atoms with Crippen molar-refractivity contribution in [2.24, 2.45) is 0 Å². The summed E-state index contributed by atoms with van der Waals surface area (Å²) in [6, 6.07) is 21.2. The smallest absolute Gasteiger partial charge is 0.270 e. The minimum absolute atomic E-state index is 0.180. The molecule has 0 bridgehead atoms. The van der Waals surface area contributed by atoms with E-state index in [1.807, 2.05) is 81.4 Å². The fourth-order valence-electron chi connectivity index (χ4n) is 2.60. The summed E-state index contributed by atoms with van der Waals surface area (Å²) in [5, 5.41) is 6.26. The lowest BCUT2D eigenvalue weighted by molar-refractivity contribution is 0.0946. The lowest BCUT2D eigenvalue weighted by Gasteiger charge is -2.22. The second-order valence-electron chi connectivity index (χ2n) is 7.37. The standard InChI is InChI=1S/C22H24N4O/c1-22(2,3)26-19-14-18(21(27)23-15-16-10-6-4-7-11-16)24-20(25-19)17-12-8-5-9-13-17/h4-14H,15H2,1-3H3,(H,23,27)(H,24,25,26). The predicted octanol–water partition coefficient (Wildman–Crippen LogP) is 4.28. The SMILES string of the molecule is CC(C)(C)Nc1cc(C(=O)NCc2ccccc2)nc(-c2ccccc2)n1. The normalized spacial score (nSPS) is 11.1. The summed E-state index contributed by atoms with van der Waals surface area (Å²) in [7, 11) is 0. The minimum atomic E-state index is -0.226. The van der Waals surface area contributed by atoms with E-state index in [9.17, 15) is 4.79 Å². The van der Waals surface area contributed by atoms with Crippen molar-refractivity contribution in [2.75, 3.05) is 5.32 Å². The molecule has 1 heterocycles. The van der Waals surface area contributed by atoms with Gasteiger partial charge in [0.2, 0.25) is 0 Å². The maximum Gasteiger partial charge on any atom is 0.270 e. The van der Waals surface area contributed by atoms with Crippen LogP contribution in [0.15, 0.2) is 66.7 Å². The summed E-state index contributed by atoms with van der Waals surface area (Å²) in [5.74, 6) is 0.923. The molecule has 138 valence electrons. The highest BCUT2D eigenvalue weighted by atomic mass is 16.1. The van der Waals surface area contributed by atoms with Crippen LogP contribution in [-0.2, 0) is 6.54 Å². The number of hydrogen-bond acceptors (Lipinski definition) is 4. The molecular formula is C22H24N4O. The largest absolute Gasteiger partial charge is 0.365 e. The van der Waals surface area contributed by atoms with Crippen molar-refractivity contribution in [1.29, 1.82) is 0 Å². The van der Waals surface area contributed by atoms with E-state index in [0.717, 1.165) is 11.1 Å². The van der Waals surface area contributed by atoms with Crippen molar-refractivity contribution in [2.45, 2.75) is 32.9 Å². The maximum absolute atomic E-state index is 12.7. The number of nitrogens with one attached hydrogen (secondary N) is 2. The van der Waals surface area contributed by atoms with Gasteiger partial charge in [0, 0.05) is 23.7 Å². The molecule has 0 aliphatic rings. The molecule has 0 radical (unpaired) electrons. The van der Waals surface area contributed by atoms with Gasteiger partial charge in [0.1, 0.15) is 11.5 Å². The van der Waals surface area contributed by atoms with Gasteiger partial charge in [-0.05, 0) is 26.3 Å². The van der Waals surface area contributed by atoms with Crippen molar-refractivity contribution < 1.29 is 4.79 Å². The summed E-state index contributed by atoms with van der Waals surface area (Å²) in [4.78, 5) is 21.8. The first-order valence-electron chi connectivity index (χ1n) is 8.95. The molecule has 5 nitrogen and oxygen atoms in total. The lowest BCUT2D eigenvalue weighted by atomic mass is 10.1. The Morgan fingerprint density at radius 3 is 2.19 bits per heavy atom. The molecule has 2 N–H and O–H groups in total. The Morgan fingerprint density at radius 1 is 0.926 bits per heavy atom. The fraction of sp³-hybridized carbons (Fsp3) is 0.227. The van der Waals surface area contributed by atoms with Gasteiger partial charge < -0.3 is 10.6 Å². The molecule has 3 aromatic rings. The summed E-state index contributed by atoms with van der Waals surface area (Å²) in [6.07, 6.45) is 0. The van der Waals surface area contributed by atoms with Crippen LogP contribution >= 0.6 is 0 Å². The van der Waals surface area contributed by atoms with E-state index >= 15 is 0 Å². The van der Waals surface area contributed by atoms with Crippen LogP contribution in [0.3, 0.4) is 0 Å². The number of nitrogens with zero attached hydrogens (tertiary/aromatic N) is 2. The minimum Gasteiger partial charge on any atom is -0.365 e. The summed E-state index contributed by atoms with van der Waals surface area (Å²) < 4.78 is 0. The van der Waals surface area contributed by atoms with E-state index in [1.54, 1.807) is 6.07 Å². The zero-order valence-corrected chi connectivity index (χ0v) is 15.9. The molecule has 5 heteroatoms. The molecule has 0 spiro atoms. The summed E-state index contributed by atoms with van der Waals surface area (Å²) in [5.41, 5.74) is 2.06. The second-order valence-corrected chi connectivity index (χ2v) is 7.37. The Hall–Kier alpha value is -3.21. The van der Waals surface area contributed by atoms with E-state index in [-0.39, 0.29) is 11.4 Å². The number of benzene rings is 2. The van der Waals surface area contributed by atoms with Crippen molar-refractivity contribution >= 4 is 11.7 Å². The van der Waals surface area contributed by atoms with E-state index in [0.29, 0.717) is 23.9 Å². The van der Waals surface area contributed by atoms with Gasteiger partial charge in [-0.2, -0.15) is 0 Å². The monoisotopic (exact) mass is 360 g/mol. The van der Waals surface area contributed by atoms with E-state index in [2.05, 4.69) is 20.6 Å². The number of aromatic nitrogens is 2. The number of amides is 1. The molecule has 1 amide bonds. The first kappa shape index (κ1) is 18.6. The Balaban J connectivity index is 1.88. The lowest BCUT2D eigenvalue weighted by Crippen LogP contribution is -2.28. The Labute approximate surface area is 159 Å². The zero-order chi connectivity index (χ0) is 19.3. The summed E-state index contributed by atoms with van der Waals surface area (Å²) >= 11 is 0. The van der Waals surface area contributed by atoms with Crippen LogP contribution < -0.4 is 10.6 Å². The fourth-order valence-corrected chi connectivity index (χ4v) is 2.60. The Bertz CT molecular complexity index is 903. The first-order chi connectivity index (χ1) is 12.9. The number of rotatable bonds is 5. The van der Waals surface area contributed by atoms with Crippen LogP contribution in [-0.4, -0.2) is 21.4 Å². The van der Waals surface area contributed by atoms with Crippen LogP contribution in [0.4, 0.5) is 5.82 Å². The maximum atomic E-state index is 12.7. The van der Waals surface area contributed by atoms with Gasteiger partial charge in [-0.3, -0.25) is 4.79 Å². The molecule has 0 unspecified atom stereocenters. The molecule has 0 aliphatic heterocycles. The molecule has 0 saturated heterocycles. The van der Waals surface area contributed by atoms with E-state index in [4.69, 9.17) is 0 Å². The summed E-state index contributed by atoms with van der Waals surface area (Å²) in [6.45, 7) is 6.59. The van der Waals surface area contributed by atoms with Crippen LogP contribution in [0.2, 0.25) is 0 Å². The molecule has 0 aliphatic carbocycles. The molecule has 0 fully saturated rings. The van der Waals surface area contributed by atoms with Crippen LogP contribution in [0, 0.1) is 0 Å². The molecule has 0 saturated carbocycles. The number of carbonyl (C=O) groups is 1. The number of carbonyl (C=O) groups excluding carboxylic acids is 1. The van der Waals surface area contributed by atoms with Crippen LogP contribution in [0.1, 0.15) is 36.8 Å². The highest BCUT2D eigenvalue weighted by molar-refractivity contribution is 5.93. The third kappa shape index (κ3) is 5.38. The van der Waals surface area contributed by atoms with Crippen LogP contribution in [0.5, 0.6) is 0 Å². The average Bonchev–Trinajstić information content (AvgIpc) is 2.66. The van der Waals surface area contributed by atoms with Gasteiger partial charge in [0.25, 0.3) is 5.91 Å². The van der Waals surface area contributed by atoms with E-state index in [1.165, 1.54) is 0 Å². The topological polar surface area (TPSA) is 66.9 Å². The molecule has 0 atom stereocenters. The first-order valence-corrected chi connectivity index (χ1v) is 8.95. The molecule has 3 rings (SSSR count). The van der Waals surface area contributed by atoms with Gasteiger partial charge in [-0.25, -0.2) is 9.97 Å². The highest BCUT2D eigenvalue weighted by Gasteiger charge is 2.16. The quantitative estimate of drug-likeness (QED) is 0.712. The predicted molar refractivity (Wildman–Crippen MR) is 108 cm³/mol. The molecule has 2 aromatic carbocycles. The van der Waals surface area contributed by atoms with Gasteiger partial charge in [-0.1, -0.05) is 60.7 Å². The molecule has 1 aromatic heterocycles. The Morgan fingerprint density at radius 2 is 1.56 bits per heavy atom. The van der Waals surface area contributed by atoms with Gasteiger partial charge in [0.15, 0.2) is 5.82 Å². The van der Waals surface area contributed by atoms with Gasteiger partial charge in [0.05, 0.1) is 0 Å². The number of hydrogen-bond donors (Lipinski definition) is 2. The zero-order valence-electron chi connectivity index (χ0n) is 15.9. The Kier molecular flexibility index (Phi) is 5.50. The van der Waals surface area contributed by atoms with Gasteiger partial charge >= 0.3 is 0 Å². The third-order valence-corrected chi connectivity index (χ3v) is 3.79. The third-order valence-electron chi connectivity index (χ3n) is 3.79. The highest BCUT2D eigenvalue weighted by Crippen LogP contribution is 2.20. The second kappa shape index (κ2) is 7.99. The van der Waals surface area contributed by atoms with Crippen molar-refractivity contribution in [3.8, 4) is 11.4 Å². The average molecular weight is 360 g/mol. The molecule has 27 heavy (non-hydrogen) atoms.